The fourth-order valence-electron chi connectivity index (χ4n) is 7.02. The molecule has 7 rings (SSSR count). The van der Waals surface area contributed by atoms with Gasteiger partial charge in [0.15, 0.2) is 23.9 Å². The molecule has 0 spiro atoms. The van der Waals surface area contributed by atoms with Crippen LogP contribution < -0.4 is 19.1 Å². The summed E-state index contributed by atoms with van der Waals surface area (Å²) in [4.78, 5) is 29.9. The Balaban J connectivity index is 1.42. The maximum Gasteiger partial charge on any atom is 0.415 e. The van der Waals surface area contributed by atoms with E-state index in [0.29, 0.717) is 28.3 Å². The molecule has 1 aromatic heterocycles. The Bertz CT molecular complexity index is 1930. The van der Waals surface area contributed by atoms with Crippen molar-refractivity contribution in [3.8, 4) is 11.5 Å². The highest BCUT2D eigenvalue weighted by Gasteiger charge is 2.38. The molecule has 10 nitrogen and oxygen atoms in total. The fraction of sp³-hybridized carbons (Fsp3) is 0.324. The number of carboxylic acids is 1. The number of carbonyl (C=O) groups excluding carboxylic acids is 1. The van der Waals surface area contributed by atoms with E-state index in [1.165, 1.54) is 38.5 Å². The van der Waals surface area contributed by atoms with Crippen molar-refractivity contribution in [3.05, 3.63) is 122 Å². The average molecular weight is 743 g/mol. The second-order valence-electron chi connectivity index (χ2n) is 12.6. The number of carbonyl (C=O) groups is 2. The first-order valence-corrected chi connectivity index (χ1v) is 17.0. The Labute approximate surface area is 303 Å². The maximum absolute atomic E-state index is 16.7. The van der Waals surface area contributed by atoms with Crippen molar-refractivity contribution >= 4 is 41.0 Å². The second kappa shape index (κ2) is 15.3. The number of hydrogen-bond acceptors (Lipinski definition) is 7. The number of pyridine rings is 1. The molecule has 2 atom stereocenters. The van der Waals surface area contributed by atoms with Gasteiger partial charge in [-0.2, -0.15) is 4.73 Å². The second-order valence-corrected chi connectivity index (χ2v) is 13.4. The van der Waals surface area contributed by atoms with Gasteiger partial charge in [0.1, 0.15) is 27.8 Å². The number of anilines is 1. The smallest absolute Gasteiger partial charge is 0.415 e. The monoisotopic (exact) mass is 741 g/mol. The summed E-state index contributed by atoms with van der Waals surface area (Å²) in [7, 11) is 2.88. The number of carboxylic acid groups (broad SMARTS) is 1. The molecule has 0 aliphatic carbocycles. The SMILES string of the molecule is COc1ccc([C@H](Cc2c(Cl)c[n+]([O-])cc2Cl)c2c(F)cc(CN(C(=O)O[C@H]3CN4CCC3CC4)c3ccccc3F)cc2C(=O)O)cc1OC. The van der Waals surface area contributed by atoms with Gasteiger partial charge >= 0.3 is 12.1 Å². The first kappa shape index (κ1) is 36.2. The van der Waals surface area contributed by atoms with Crippen molar-refractivity contribution in [2.45, 2.75) is 37.8 Å². The van der Waals surface area contributed by atoms with E-state index in [1.807, 2.05) is 0 Å². The third-order valence-electron chi connectivity index (χ3n) is 9.60. The van der Waals surface area contributed by atoms with E-state index in [2.05, 4.69) is 4.90 Å². The molecule has 2 bridgehead atoms. The first-order chi connectivity index (χ1) is 24.5. The van der Waals surface area contributed by atoms with Crippen molar-refractivity contribution in [2.24, 2.45) is 5.92 Å². The third-order valence-corrected chi connectivity index (χ3v) is 10.2. The number of amides is 1. The number of rotatable bonds is 11. The summed E-state index contributed by atoms with van der Waals surface area (Å²) in [5.41, 5.74) is 0.0743. The average Bonchev–Trinajstić information content (AvgIpc) is 3.11. The lowest BCUT2D eigenvalue weighted by atomic mass is 9.82. The van der Waals surface area contributed by atoms with Crippen LogP contribution in [0.25, 0.3) is 0 Å². The van der Waals surface area contributed by atoms with Gasteiger partial charge in [-0.25, -0.2) is 18.4 Å². The van der Waals surface area contributed by atoms with Crippen LogP contribution in [0, 0.1) is 22.8 Å². The highest BCUT2D eigenvalue weighted by Crippen LogP contribution is 2.40. The molecule has 4 aromatic rings. The van der Waals surface area contributed by atoms with Crippen LogP contribution in [0.4, 0.5) is 19.3 Å². The molecule has 1 N–H and O–H groups in total. The molecule has 4 heterocycles. The summed E-state index contributed by atoms with van der Waals surface area (Å²) in [5.74, 6) is -3.22. The minimum absolute atomic E-state index is 0.00101. The lowest BCUT2D eigenvalue weighted by Crippen LogP contribution is -2.53. The van der Waals surface area contributed by atoms with E-state index in [0.717, 1.165) is 49.3 Å². The van der Waals surface area contributed by atoms with E-state index in [1.54, 1.807) is 24.3 Å². The van der Waals surface area contributed by atoms with E-state index in [9.17, 15) is 19.9 Å². The van der Waals surface area contributed by atoms with Gasteiger partial charge < -0.3 is 24.5 Å². The van der Waals surface area contributed by atoms with Gasteiger partial charge in [0.2, 0.25) is 0 Å². The number of aromatic carboxylic acids is 1. The number of aromatic nitrogens is 1. The predicted molar refractivity (Wildman–Crippen MR) is 186 cm³/mol. The largest absolute Gasteiger partial charge is 0.619 e. The van der Waals surface area contributed by atoms with Gasteiger partial charge in [-0.1, -0.05) is 41.4 Å². The van der Waals surface area contributed by atoms with Crippen LogP contribution in [0.5, 0.6) is 11.5 Å². The minimum Gasteiger partial charge on any atom is -0.619 e. The van der Waals surface area contributed by atoms with Gasteiger partial charge in [0, 0.05) is 23.6 Å². The topological polar surface area (TPSA) is 115 Å². The van der Waals surface area contributed by atoms with Crippen molar-refractivity contribution in [1.82, 2.24) is 4.90 Å². The van der Waals surface area contributed by atoms with E-state index in [4.69, 9.17) is 37.4 Å². The van der Waals surface area contributed by atoms with Crippen LogP contribution in [-0.4, -0.2) is 62.0 Å². The Morgan fingerprint density at radius 1 is 1.00 bits per heavy atom. The number of piperidine rings is 3. The molecule has 0 radical (unpaired) electrons. The normalized spacial score (nSPS) is 18.6. The van der Waals surface area contributed by atoms with Crippen molar-refractivity contribution in [1.29, 1.82) is 0 Å². The molecule has 3 fully saturated rings. The lowest BCUT2D eigenvalue weighted by Gasteiger charge is -2.44. The van der Waals surface area contributed by atoms with Crippen LogP contribution in [0.2, 0.25) is 10.0 Å². The van der Waals surface area contributed by atoms with Crippen molar-refractivity contribution < 1.29 is 42.4 Å². The number of fused-ring (bicyclic) bond motifs is 3. The van der Waals surface area contributed by atoms with E-state index >= 15 is 8.78 Å². The summed E-state index contributed by atoms with van der Waals surface area (Å²) >= 11 is 12.9. The van der Waals surface area contributed by atoms with Crippen molar-refractivity contribution in [2.75, 3.05) is 38.8 Å². The summed E-state index contributed by atoms with van der Waals surface area (Å²) in [6, 6.07) is 12.8. The molecule has 14 heteroatoms. The highest BCUT2D eigenvalue weighted by molar-refractivity contribution is 6.35. The number of benzene rings is 3. The number of nitrogens with zero attached hydrogens (tertiary/aromatic N) is 3. The van der Waals surface area contributed by atoms with Crippen LogP contribution in [0.1, 0.15) is 51.4 Å². The minimum atomic E-state index is -1.45. The first-order valence-electron chi connectivity index (χ1n) is 16.3. The standard InChI is InChI=1S/C37H35Cl2F2N3O7/c1-49-32-8-7-23(15-33(32)50-2)24(16-25-27(38)18-43(48)19-28(25)39)35-26(36(45)46)13-21(14-30(35)41)17-44(31-6-4-3-5-29(31)40)37(47)51-34-20-42-11-9-22(34)10-12-42/h3-8,13-15,18-19,22,24,34H,9-12,16-17,20H2,1-2H3,(H,45,46)/t24-,34-/m0/s1. The van der Waals surface area contributed by atoms with Crippen LogP contribution in [0.3, 0.4) is 0 Å². The molecule has 268 valence electrons. The number of methoxy groups -OCH3 is 2. The van der Waals surface area contributed by atoms with Crippen LogP contribution >= 0.6 is 23.2 Å². The van der Waals surface area contributed by atoms with Gasteiger partial charge in [-0.05, 0) is 85.8 Å². The Kier molecular flexibility index (Phi) is 10.8. The maximum atomic E-state index is 16.7. The summed E-state index contributed by atoms with van der Waals surface area (Å²) in [5, 5.41) is 22.5. The Morgan fingerprint density at radius 3 is 2.29 bits per heavy atom. The van der Waals surface area contributed by atoms with Crippen LogP contribution in [-0.2, 0) is 17.7 Å². The zero-order valence-corrected chi connectivity index (χ0v) is 29.3. The molecule has 3 aliphatic heterocycles. The number of halogens is 4. The number of ether oxygens (including phenoxy) is 3. The number of hydrogen-bond donors (Lipinski definition) is 1. The fourth-order valence-corrected chi connectivity index (χ4v) is 7.62. The molecular weight excluding hydrogens is 707 g/mol. The quantitative estimate of drug-likeness (QED) is 0.127. The molecule has 3 aromatic carbocycles. The van der Waals surface area contributed by atoms with E-state index in [-0.39, 0.29) is 51.3 Å². The molecule has 0 saturated carbocycles. The molecule has 0 unspecified atom stereocenters. The molecule has 1 amide bonds. The molecule has 3 saturated heterocycles. The third kappa shape index (κ3) is 7.68. The van der Waals surface area contributed by atoms with Crippen LogP contribution in [0.15, 0.2) is 67.0 Å². The molecule has 51 heavy (non-hydrogen) atoms. The van der Waals surface area contributed by atoms with Gasteiger partial charge in [0.25, 0.3) is 0 Å². The lowest BCUT2D eigenvalue weighted by molar-refractivity contribution is -0.605. The summed E-state index contributed by atoms with van der Waals surface area (Å²) in [6.07, 6.45) is 2.62. The van der Waals surface area contributed by atoms with Gasteiger partial charge in [-0.15, -0.1) is 0 Å². The van der Waals surface area contributed by atoms with Gasteiger partial charge in [-0.3, -0.25) is 9.80 Å². The summed E-state index contributed by atoms with van der Waals surface area (Å²) < 4.78 is 49.1. The Morgan fingerprint density at radius 2 is 1.69 bits per heavy atom. The predicted octanol–water partition coefficient (Wildman–Crippen LogP) is 7.23. The van der Waals surface area contributed by atoms with Crippen molar-refractivity contribution in [3.63, 3.8) is 0 Å². The Hall–Kier alpha value is -4.65. The molecule has 3 aliphatic rings. The number of para-hydroxylation sites is 1. The highest BCUT2D eigenvalue weighted by atomic mass is 35.5. The van der Waals surface area contributed by atoms with Gasteiger partial charge in [0.05, 0.1) is 32.0 Å². The summed E-state index contributed by atoms with van der Waals surface area (Å²) in [6.45, 7) is 2.02. The molecular formula is C37H35Cl2F2N3O7. The van der Waals surface area contributed by atoms with E-state index < -0.39 is 41.3 Å². The zero-order valence-electron chi connectivity index (χ0n) is 27.8. The zero-order chi connectivity index (χ0) is 36.4.